The molecule has 2 N–H and O–H groups in total. The van der Waals surface area contributed by atoms with Gasteiger partial charge in [0.2, 0.25) is 5.91 Å². The van der Waals surface area contributed by atoms with E-state index in [2.05, 4.69) is 4.90 Å². The molecular weight excluding hydrogens is 460 g/mol. The van der Waals surface area contributed by atoms with Gasteiger partial charge in [0, 0.05) is 42.9 Å². The Morgan fingerprint density at radius 3 is 2.83 bits per heavy atom. The van der Waals surface area contributed by atoms with Crippen molar-refractivity contribution >= 4 is 17.8 Å². The molecule has 188 valence electrons. The van der Waals surface area contributed by atoms with Gasteiger partial charge in [-0.25, -0.2) is 0 Å². The van der Waals surface area contributed by atoms with E-state index in [1.54, 1.807) is 42.7 Å². The number of carbonyl (C=O) groups is 2. The van der Waals surface area contributed by atoms with Crippen molar-refractivity contribution in [2.24, 2.45) is 5.92 Å². The van der Waals surface area contributed by atoms with Crippen LogP contribution in [0.25, 0.3) is 6.08 Å². The Kier molecular flexibility index (Phi) is 4.58. The quantitative estimate of drug-likeness (QED) is 0.621. The van der Waals surface area contributed by atoms with Crippen LogP contribution in [0.4, 0.5) is 0 Å². The number of nitrogens with zero attached hydrogens (tertiary/aromatic N) is 2. The molecule has 2 aliphatic heterocycles. The van der Waals surface area contributed by atoms with E-state index in [0.717, 1.165) is 12.1 Å². The van der Waals surface area contributed by atoms with Crippen LogP contribution in [0.15, 0.2) is 41.2 Å². The first-order valence-corrected chi connectivity index (χ1v) is 12.9. The van der Waals surface area contributed by atoms with Gasteiger partial charge in [-0.2, -0.15) is 0 Å². The second-order valence-electron chi connectivity index (χ2n) is 11.2. The van der Waals surface area contributed by atoms with Gasteiger partial charge in [-0.3, -0.25) is 14.5 Å². The second kappa shape index (κ2) is 7.46. The van der Waals surface area contributed by atoms with Gasteiger partial charge in [0.25, 0.3) is 0 Å². The summed E-state index contributed by atoms with van der Waals surface area (Å²) in [4.78, 5) is 30.9. The summed E-state index contributed by atoms with van der Waals surface area (Å²) in [6.07, 6.45) is 9.61. The van der Waals surface area contributed by atoms with E-state index in [0.29, 0.717) is 48.6 Å². The third-order valence-corrected chi connectivity index (χ3v) is 9.38. The summed E-state index contributed by atoms with van der Waals surface area (Å²) in [6, 6.07) is 4.02. The minimum atomic E-state index is -1.32. The van der Waals surface area contributed by atoms with Crippen molar-refractivity contribution in [3.05, 3.63) is 53.5 Å². The van der Waals surface area contributed by atoms with E-state index in [1.807, 2.05) is 0 Å². The van der Waals surface area contributed by atoms with Crippen molar-refractivity contribution in [1.29, 1.82) is 0 Å². The van der Waals surface area contributed by atoms with Crippen LogP contribution in [-0.2, 0) is 10.2 Å². The third kappa shape index (κ3) is 2.77. The van der Waals surface area contributed by atoms with Gasteiger partial charge in [0.1, 0.15) is 17.7 Å². The number of furan rings is 1. The van der Waals surface area contributed by atoms with Crippen LogP contribution < -0.4 is 4.74 Å². The number of carbonyl (C=O) groups excluding carboxylic acids is 2. The van der Waals surface area contributed by atoms with Gasteiger partial charge < -0.3 is 24.3 Å². The third-order valence-electron chi connectivity index (χ3n) is 9.38. The number of Topliss-reactive ketones (excluding diaryl/α,β-unsaturated/α-hetero) is 1. The van der Waals surface area contributed by atoms with Crippen LogP contribution in [0.5, 0.6) is 11.5 Å². The highest BCUT2D eigenvalue weighted by Gasteiger charge is 2.75. The summed E-state index contributed by atoms with van der Waals surface area (Å²) < 4.78 is 11.6. The summed E-state index contributed by atoms with van der Waals surface area (Å²) in [7, 11) is 1.76. The Morgan fingerprint density at radius 1 is 1.25 bits per heavy atom. The number of aliphatic hydroxyl groups is 1. The molecule has 8 nitrogen and oxygen atoms in total. The number of likely N-dealkylation sites (N-methyl/N-ethyl adjacent to an activating group) is 1. The van der Waals surface area contributed by atoms with Crippen LogP contribution in [0, 0.1) is 5.92 Å². The van der Waals surface area contributed by atoms with Gasteiger partial charge in [0.05, 0.1) is 24.0 Å². The molecule has 5 atom stereocenters. The molecule has 8 heteroatoms. The van der Waals surface area contributed by atoms with E-state index in [4.69, 9.17) is 9.15 Å². The number of aromatic hydroxyl groups is 1. The molecule has 5 aliphatic rings. The topological polar surface area (TPSA) is 103 Å². The number of rotatable bonds is 5. The van der Waals surface area contributed by atoms with Crippen molar-refractivity contribution in [2.75, 3.05) is 20.1 Å². The number of hydrogen-bond acceptors (Lipinski definition) is 7. The minimum Gasteiger partial charge on any atom is -0.504 e. The molecule has 2 aromatic rings. The molecule has 1 amide bonds. The van der Waals surface area contributed by atoms with Gasteiger partial charge in [0.15, 0.2) is 17.3 Å². The number of phenols is 1. The maximum absolute atomic E-state index is 13.9. The number of phenolic OH excluding ortho intramolecular Hbond substituents is 1. The molecule has 2 bridgehead atoms. The first-order chi connectivity index (χ1) is 17.3. The maximum atomic E-state index is 13.9. The first kappa shape index (κ1) is 22.1. The zero-order chi connectivity index (χ0) is 24.8. The molecule has 1 aromatic heterocycles. The van der Waals surface area contributed by atoms with E-state index in [9.17, 15) is 19.8 Å². The molecule has 7 rings (SSSR count). The summed E-state index contributed by atoms with van der Waals surface area (Å²) in [5.74, 6) is 0.589. The molecule has 0 unspecified atom stereocenters. The molecule has 3 heterocycles. The Morgan fingerprint density at radius 2 is 2.08 bits per heavy atom. The van der Waals surface area contributed by atoms with Crippen molar-refractivity contribution in [3.63, 3.8) is 0 Å². The second-order valence-corrected chi connectivity index (χ2v) is 11.2. The Hall–Kier alpha value is -3.10. The summed E-state index contributed by atoms with van der Waals surface area (Å²) in [6.45, 7) is 1.50. The predicted octanol–water partition coefficient (Wildman–Crippen LogP) is 2.73. The molecule has 1 spiro atoms. The van der Waals surface area contributed by atoms with Crippen molar-refractivity contribution in [3.8, 4) is 11.5 Å². The van der Waals surface area contributed by atoms with Crippen molar-refractivity contribution < 1.29 is 29.0 Å². The van der Waals surface area contributed by atoms with Crippen LogP contribution in [0.2, 0.25) is 0 Å². The molecule has 1 aromatic carbocycles. The molecule has 3 aliphatic carbocycles. The molecule has 36 heavy (non-hydrogen) atoms. The molecule has 2 saturated carbocycles. The number of piperidine rings is 1. The fraction of sp³-hybridized carbons (Fsp3) is 0.500. The van der Waals surface area contributed by atoms with E-state index in [-0.39, 0.29) is 23.5 Å². The van der Waals surface area contributed by atoms with E-state index < -0.39 is 23.2 Å². The molecule has 1 saturated heterocycles. The lowest BCUT2D eigenvalue weighted by Crippen LogP contribution is -2.79. The standard InChI is InChI=1S/C28H30N2O6/c1-29(21(32)7-4-17-9-13-35-15-17)19-8-10-28(34)25-23(33)18-5-6-20(31)24-22(18)27(28,26(19)36-24)11-12-30(25)14-16-2-3-16/h4-7,9,13,15-16,19,25-26,31,34H,2-3,8,10-12,14H2,1H3/b7-4+/t19-,25-,26+,27+,28-/m1/s1. The van der Waals surface area contributed by atoms with Crippen LogP contribution in [-0.4, -0.2) is 75.6 Å². The highest BCUT2D eigenvalue weighted by atomic mass is 16.5. The Balaban J connectivity index is 1.31. The largest absolute Gasteiger partial charge is 0.504 e. The van der Waals surface area contributed by atoms with E-state index in [1.165, 1.54) is 25.0 Å². The summed E-state index contributed by atoms with van der Waals surface area (Å²) in [5, 5.41) is 23.2. The lowest BCUT2D eigenvalue weighted by Gasteiger charge is -2.63. The number of likely N-dealkylation sites (tertiary alicyclic amines) is 1. The van der Waals surface area contributed by atoms with Gasteiger partial charge in [-0.1, -0.05) is 0 Å². The lowest BCUT2D eigenvalue weighted by molar-refractivity contribution is -0.187. The average molecular weight is 491 g/mol. The zero-order valence-electron chi connectivity index (χ0n) is 20.2. The maximum Gasteiger partial charge on any atom is 0.246 e. The number of benzene rings is 1. The zero-order valence-corrected chi connectivity index (χ0v) is 20.2. The van der Waals surface area contributed by atoms with Crippen LogP contribution >= 0.6 is 0 Å². The minimum absolute atomic E-state index is 0.0286. The van der Waals surface area contributed by atoms with Crippen molar-refractivity contribution in [1.82, 2.24) is 9.80 Å². The number of ether oxygens (including phenoxy) is 1. The smallest absolute Gasteiger partial charge is 0.246 e. The van der Waals surface area contributed by atoms with Crippen molar-refractivity contribution in [2.45, 2.75) is 61.3 Å². The highest BCUT2D eigenvalue weighted by molar-refractivity contribution is 6.06. The molecular formula is C28H30N2O6. The van der Waals surface area contributed by atoms with Crippen LogP contribution in [0.1, 0.15) is 53.6 Å². The Labute approximate surface area is 209 Å². The SMILES string of the molecule is CN(C(=O)/C=C/c1ccoc1)[C@@H]1CC[C@@]2(O)[C@H]3C(=O)c4ccc(O)c5c4[C@@]2(CCN3CC2CC2)[C@H]1O5. The van der Waals surface area contributed by atoms with E-state index >= 15 is 0 Å². The summed E-state index contributed by atoms with van der Waals surface area (Å²) in [5.41, 5.74) is -0.206. The number of amides is 1. The monoisotopic (exact) mass is 490 g/mol. The summed E-state index contributed by atoms with van der Waals surface area (Å²) >= 11 is 0. The normalized spacial score (nSPS) is 34.5. The fourth-order valence-corrected chi connectivity index (χ4v) is 7.51. The first-order valence-electron chi connectivity index (χ1n) is 12.9. The average Bonchev–Trinajstić information content (AvgIpc) is 3.38. The molecule has 0 radical (unpaired) electrons. The highest BCUT2D eigenvalue weighted by Crippen LogP contribution is 2.65. The van der Waals surface area contributed by atoms with Crippen LogP contribution in [0.3, 0.4) is 0 Å². The molecule has 3 fully saturated rings. The Bertz CT molecular complexity index is 1280. The predicted molar refractivity (Wildman–Crippen MR) is 130 cm³/mol. The number of ketones is 1. The van der Waals surface area contributed by atoms with Gasteiger partial charge in [-0.15, -0.1) is 0 Å². The van der Waals surface area contributed by atoms with Gasteiger partial charge >= 0.3 is 0 Å². The lowest BCUT2D eigenvalue weighted by atomic mass is 9.48. The van der Waals surface area contributed by atoms with Gasteiger partial charge in [-0.05, 0) is 62.3 Å². The fourth-order valence-electron chi connectivity index (χ4n) is 7.51. The number of hydrogen-bond donors (Lipinski definition) is 2.